The van der Waals surface area contributed by atoms with Crippen molar-refractivity contribution in [1.29, 1.82) is 0 Å². The molecule has 2 rings (SSSR count). The monoisotopic (exact) mass is 297 g/mol. The molecule has 1 aromatic rings. The maximum Gasteiger partial charge on any atom is 0.270 e. The number of nitrogens with one attached hydrogen (secondary N) is 1. The molecule has 1 aliphatic rings. The van der Waals surface area contributed by atoms with Crippen molar-refractivity contribution in [2.24, 2.45) is 5.92 Å². The minimum atomic E-state index is -0.248. The Morgan fingerprint density at radius 2 is 2.20 bits per heavy atom. The molecule has 0 aliphatic heterocycles. The van der Waals surface area contributed by atoms with Gasteiger partial charge >= 0.3 is 0 Å². The number of carbonyl (C=O) groups excluding carboxylic acids is 1. The first-order valence-electron chi connectivity index (χ1n) is 7.42. The molecule has 0 radical (unpaired) electrons. The lowest BCUT2D eigenvalue weighted by molar-refractivity contribution is 0.0861. The average molecular weight is 298 g/mol. The first-order chi connectivity index (χ1) is 9.49. The van der Waals surface area contributed by atoms with Crippen molar-refractivity contribution in [3.8, 4) is 0 Å². The van der Waals surface area contributed by atoms with Crippen LogP contribution >= 0.6 is 11.6 Å². The summed E-state index contributed by atoms with van der Waals surface area (Å²) in [5.74, 6) is 1.15. The Balaban J connectivity index is 2.13. The Kier molecular flexibility index (Phi) is 4.74. The molecule has 20 heavy (non-hydrogen) atoms. The molecule has 0 bridgehead atoms. The molecule has 1 aliphatic carbocycles. The van der Waals surface area contributed by atoms with Gasteiger partial charge in [-0.15, -0.1) is 11.6 Å². The second-order valence-electron chi connectivity index (χ2n) is 6.04. The first kappa shape index (κ1) is 15.4. The van der Waals surface area contributed by atoms with Gasteiger partial charge in [-0.2, -0.15) is 5.10 Å². The van der Waals surface area contributed by atoms with Gasteiger partial charge in [0, 0.05) is 12.4 Å². The van der Waals surface area contributed by atoms with Gasteiger partial charge in [0.1, 0.15) is 5.69 Å². The smallest absolute Gasteiger partial charge is 0.270 e. The van der Waals surface area contributed by atoms with Crippen LogP contribution in [0.1, 0.15) is 55.7 Å². The fourth-order valence-electron chi connectivity index (χ4n) is 2.88. The molecule has 1 fully saturated rings. The van der Waals surface area contributed by atoms with Crippen LogP contribution in [-0.2, 0) is 6.54 Å². The fourth-order valence-corrected chi connectivity index (χ4v) is 3.22. The van der Waals surface area contributed by atoms with E-state index in [1.54, 1.807) is 4.68 Å². The Morgan fingerprint density at radius 3 is 2.75 bits per heavy atom. The van der Waals surface area contributed by atoms with Gasteiger partial charge in [-0.3, -0.25) is 9.48 Å². The Labute approximate surface area is 125 Å². The number of hydrogen-bond donors (Lipinski definition) is 1. The molecule has 1 N–H and O–H groups in total. The topological polar surface area (TPSA) is 46.9 Å². The maximum absolute atomic E-state index is 12.5. The van der Waals surface area contributed by atoms with Crippen LogP contribution in [0.4, 0.5) is 0 Å². The number of rotatable bonds is 4. The Morgan fingerprint density at radius 1 is 1.55 bits per heavy atom. The summed E-state index contributed by atoms with van der Waals surface area (Å²) in [6, 6.07) is 1.84. The van der Waals surface area contributed by atoms with E-state index in [1.165, 1.54) is 0 Å². The van der Waals surface area contributed by atoms with Crippen LogP contribution in [-0.4, -0.2) is 27.1 Å². The van der Waals surface area contributed by atoms with E-state index in [9.17, 15) is 4.79 Å². The van der Waals surface area contributed by atoms with Gasteiger partial charge in [-0.25, -0.2) is 0 Å². The lowest BCUT2D eigenvalue weighted by Gasteiger charge is -2.38. The van der Waals surface area contributed by atoms with Crippen molar-refractivity contribution in [2.45, 2.75) is 58.5 Å². The molecule has 1 amide bonds. The summed E-state index contributed by atoms with van der Waals surface area (Å²) in [6.45, 7) is 6.85. The number of alkyl halides is 1. The second kappa shape index (κ2) is 6.17. The lowest BCUT2D eigenvalue weighted by atomic mass is 9.78. The van der Waals surface area contributed by atoms with Crippen molar-refractivity contribution >= 4 is 17.5 Å². The molecule has 1 saturated carbocycles. The van der Waals surface area contributed by atoms with Crippen molar-refractivity contribution < 1.29 is 4.79 Å². The zero-order valence-corrected chi connectivity index (χ0v) is 13.3. The summed E-state index contributed by atoms with van der Waals surface area (Å²) in [5.41, 5.74) is 1.25. The molecular formula is C15H24ClN3O. The average Bonchev–Trinajstić information content (AvgIpc) is 2.83. The molecule has 112 valence electrons. The number of hydrogen-bond acceptors (Lipinski definition) is 2. The molecule has 4 nitrogen and oxygen atoms in total. The van der Waals surface area contributed by atoms with E-state index in [1.807, 2.05) is 19.9 Å². The van der Waals surface area contributed by atoms with E-state index >= 15 is 0 Å². The molecule has 0 spiro atoms. The molecular weight excluding hydrogens is 274 g/mol. The highest BCUT2D eigenvalue weighted by atomic mass is 35.5. The standard InChI is InChI=1S/C15H24ClN3O/c1-4-19-13(9-12(3)18-19)14(20)17-15(10-16)7-5-11(2)6-8-15/h9,11H,4-8,10H2,1-3H3,(H,17,20). The zero-order valence-electron chi connectivity index (χ0n) is 12.6. The van der Waals surface area contributed by atoms with Gasteiger partial charge in [0.25, 0.3) is 5.91 Å². The summed E-state index contributed by atoms with van der Waals surface area (Å²) in [4.78, 5) is 12.5. The molecule has 0 unspecified atom stereocenters. The van der Waals surface area contributed by atoms with Gasteiger partial charge in [0.15, 0.2) is 0 Å². The van der Waals surface area contributed by atoms with Crippen molar-refractivity contribution in [3.63, 3.8) is 0 Å². The summed E-state index contributed by atoms with van der Waals surface area (Å²) in [7, 11) is 0. The van der Waals surface area contributed by atoms with Gasteiger partial charge in [-0.1, -0.05) is 6.92 Å². The first-order valence-corrected chi connectivity index (χ1v) is 7.96. The maximum atomic E-state index is 12.5. The molecule has 0 saturated heterocycles. The third-order valence-electron chi connectivity index (χ3n) is 4.30. The third kappa shape index (κ3) is 3.17. The van der Waals surface area contributed by atoms with E-state index in [-0.39, 0.29) is 11.4 Å². The summed E-state index contributed by atoms with van der Waals surface area (Å²) in [5, 5.41) is 7.50. The number of aromatic nitrogens is 2. The van der Waals surface area contributed by atoms with Crippen LogP contribution in [0, 0.1) is 12.8 Å². The number of amides is 1. The predicted octanol–water partition coefficient (Wildman–Crippen LogP) is 3.13. The summed E-state index contributed by atoms with van der Waals surface area (Å²) < 4.78 is 1.75. The fraction of sp³-hybridized carbons (Fsp3) is 0.733. The molecule has 5 heteroatoms. The second-order valence-corrected chi connectivity index (χ2v) is 6.30. The van der Waals surface area contributed by atoms with Crippen LogP contribution in [0.2, 0.25) is 0 Å². The van der Waals surface area contributed by atoms with Crippen LogP contribution in [0.3, 0.4) is 0 Å². The van der Waals surface area contributed by atoms with Crippen LogP contribution in [0.25, 0.3) is 0 Å². The number of aryl methyl sites for hydroxylation is 2. The van der Waals surface area contributed by atoms with E-state index in [0.29, 0.717) is 18.1 Å². The lowest BCUT2D eigenvalue weighted by Crippen LogP contribution is -2.52. The van der Waals surface area contributed by atoms with E-state index < -0.39 is 0 Å². The Bertz CT molecular complexity index is 475. The molecule has 0 atom stereocenters. The van der Waals surface area contributed by atoms with Crippen LogP contribution in [0.15, 0.2) is 6.07 Å². The normalized spacial score (nSPS) is 26.5. The highest BCUT2D eigenvalue weighted by Gasteiger charge is 2.35. The van der Waals surface area contributed by atoms with Gasteiger partial charge in [0.2, 0.25) is 0 Å². The predicted molar refractivity (Wildman–Crippen MR) is 81.2 cm³/mol. The number of halogens is 1. The number of nitrogens with zero attached hydrogens (tertiary/aromatic N) is 2. The third-order valence-corrected chi connectivity index (χ3v) is 4.81. The van der Waals surface area contributed by atoms with Gasteiger partial charge in [-0.05, 0) is 51.5 Å². The molecule has 0 aromatic carbocycles. The highest BCUT2D eigenvalue weighted by Crippen LogP contribution is 2.33. The zero-order chi connectivity index (χ0) is 14.8. The largest absolute Gasteiger partial charge is 0.344 e. The van der Waals surface area contributed by atoms with Gasteiger partial charge < -0.3 is 5.32 Å². The minimum Gasteiger partial charge on any atom is -0.344 e. The van der Waals surface area contributed by atoms with Crippen LogP contribution < -0.4 is 5.32 Å². The highest BCUT2D eigenvalue weighted by molar-refractivity contribution is 6.19. The van der Waals surface area contributed by atoms with Crippen molar-refractivity contribution in [3.05, 3.63) is 17.5 Å². The molecule has 1 aromatic heterocycles. The van der Waals surface area contributed by atoms with Crippen molar-refractivity contribution in [1.82, 2.24) is 15.1 Å². The van der Waals surface area contributed by atoms with Crippen molar-refractivity contribution in [2.75, 3.05) is 5.88 Å². The minimum absolute atomic E-state index is 0.0531. The summed E-state index contributed by atoms with van der Waals surface area (Å²) in [6.07, 6.45) is 4.17. The van der Waals surface area contributed by atoms with E-state index in [4.69, 9.17) is 11.6 Å². The van der Waals surface area contributed by atoms with Crippen LogP contribution in [0.5, 0.6) is 0 Å². The quantitative estimate of drug-likeness (QED) is 0.868. The molecule has 1 heterocycles. The van der Waals surface area contributed by atoms with E-state index in [2.05, 4.69) is 17.3 Å². The van der Waals surface area contributed by atoms with Gasteiger partial charge in [0.05, 0.1) is 11.2 Å². The Hall–Kier alpha value is -1.03. The number of carbonyl (C=O) groups is 1. The SMILES string of the molecule is CCn1nc(C)cc1C(=O)NC1(CCl)CCC(C)CC1. The summed E-state index contributed by atoms with van der Waals surface area (Å²) >= 11 is 6.16. The van der Waals surface area contributed by atoms with E-state index in [0.717, 1.165) is 37.3 Å².